The van der Waals surface area contributed by atoms with Crippen LogP contribution in [0.5, 0.6) is 0 Å². The van der Waals surface area contributed by atoms with E-state index in [0.29, 0.717) is 16.3 Å². The number of carbonyl (C=O) groups is 3. The van der Waals surface area contributed by atoms with Crippen LogP contribution in [-0.2, 0) is 14.3 Å². The van der Waals surface area contributed by atoms with Crippen LogP contribution in [0.25, 0.3) is 0 Å². The van der Waals surface area contributed by atoms with Gasteiger partial charge in [-0.2, -0.15) is 0 Å². The second-order valence-electron chi connectivity index (χ2n) is 5.50. The normalized spacial score (nSPS) is 10.2. The van der Waals surface area contributed by atoms with E-state index in [1.807, 2.05) is 25.1 Å². The Balaban J connectivity index is 1.66. The van der Waals surface area contributed by atoms with Crippen LogP contribution in [0.15, 0.2) is 48.5 Å². The number of anilines is 1. The number of amides is 1. The first kappa shape index (κ1) is 20.0. The van der Waals surface area contributed by atoms with Gasteiger partial charge < -0.3 is 10.1 Å². The minimum Gasteiger partial charge on any atom is -0.457 e. The molecule has 2 aromatic carbocycles. The maximum absolute atomic E-state index is 11.9. The molecule has 0 aromatic heterocycles. The third-order valence-corrected chi connectivity index (χ3v) is 4.44. The van der Waals surface area contributed by atoms with E-state index < -0.39 is 5.97 Å². The van der Waals surface area contributed by atoms with Gasteiger partial charge in [0.25, 0.3) is 0 Å². The summed E-state index contributed by atoms with van der Waals surface area (Å²) in [5.41, 5.74) is 2.18. The number of aryl methyl sites for hydroxylation is 1. The lowest BCUT2D eigenvalue weighted by molar-refractivity contribution is -0.139. The fourth-order valence-corrected chi connectivity index (χ4v) is 2.79. The molecule has 1 amide bonds. The van der Waals surface area contributed by atoms with Crippen molar-refractivity contribution < 1.29 is 19.1 Å². The van der Waals surface area contributed by atoms with Crippen molar-refractivity contribution >= 4 is 46.7 Å². The maximum Gasteiger partial charge on any atom is 0.316 e. The Morgan fingerprint density at radius 2 is 1.81 bits per heavy atom. The molecular weight excluding hydrogens is 374 g/mol. The SMILES string of the molecule is Cc1cccc(NC(=O)CSCC(=O)OCC(=O)c2ccc(Cl)cc2)c1. The van der Waals surface area contributed by atoms with Gasteiger partial charge in [-0.3, -0.25) is 14.4 Å². The number of carbonyl (C=O) groups excluding carboxylic acids is 3. The summed E-state index contributed by atoms with van der Waals surface area (Å²) in [5.74, 6) is -0.938. The standard InChI is InChI=1S/C19H18ClNO4S/c1-13-3-2-4-16(9-13)21-18(23)11-26-12-19(24)25-10-17(22)14-5-7-15(20)8-6-14/h2-9H,10-12H2,1H3,(H,21,23). The summed E-state index contributed by atoms with van der Waals surface area (Å²) >= 11 is 6.88. The molecule has 0 saturated heterocycles. The summed E-state index contributed by atoms with van der Waals surface area (Å²) in [6.45, 7) is 1.60. The molecule has 26 heavy (non-hydrogen) atoms. The van der Waals surface area contributed by atoms with Crippen molar-refractivity contribution in [3.05, 3.63) is 64.7 Å². The van der Waals surface area contributed by atoms with Gasteiger partial charge >= 0.3 is 5.97 Å². The lowest BCUT2D eigenvalue weighted by atomic mass is 10.1. The van der Waals surface area contributed by atoms with Gasteiger partial charge in [-0.15, -0.1) is 11.8 Å². The number of Topliss-reactive ketones (excluding diaryl/α,β-unsaturated/α-hetero) is 1. The number of halogens is 1. The fraction of sp³-hybridized carbons (Fsp3) is 0.211. The van der Waals surface area contributed by atoms with Crippen LogP contribution in [0.4, 0.5) is 5.69 Å². The highest BCUT2D eigenvalue weighted by atomic mass is 35.5. The molecule has 0 radical (unpaired) electrons. The van der Waals surface area contributed by atoms with E-state index in [1.54, 1.807) is 30.3 Å². The van der Waals surface area contributed by atoms with Crippen LogP contribution in [0.2, 0.25) is 5.02 Å². The summed E-state index contributed by atoms with van der Waals surface area (Å²) in [7, 11) is 0. The van der Waals surface area contributed by atoms with Crippen molar-refractivity contribution in [1.29, 1.82) is 0 Å². The summed E-state index contributed by atoms with van der Waals surface area (Å²) < 4.78 is 4.93. The van der Waals surface area contributed by atoms with Gasteiger partial charge in [0.2, 0.25) is 5.91 Å². The van der Waals surface area contributed by atoms with Gasteiger partial charge in [-0.1, -0.05) is 23.7 Å². The molecule has 0 aliphatic rings. The van der Waals surface area contributed by atoms with Gasteiger partial charge in [0, 0.05) is 16.3 Å². The van der Waals surface area contributed by atoms with Crippen molar-refractivity contribution in [3.8, 4) is 0 Å². The average molecular weight is 392 g/mol. The van der Waals surface area contributed by atoms with Crippen LogP contribution < -0.4 is 5.32 Å². The van der Waals surface area contributed by atoms with E-state index in [2.05, 4.69) is 5.32 Å². The molecule has 2 rings (SSSR count). The largest absolute Gasteiger partial charge is 0.457 e. The molecule has 0 bridgehead atoms. The topological polar surface area (TPSA) is 72.5 Å². The third-order valence-electron chi connectivity index (χ3n) is 3.29. The molecule has 5 nitrogen and oxygen atoms in total. The summed E-state index contributed by atoms with van der Waals surface area (Å²) in [6.07, 6.45) is 0. The highest BCUT2D eigenvalue weighted by molar-refractivity contribution is 8.00. The minimum absolute atomic E-state index is 0.00483. The smallest absolute Gasteiger partial charge is 0.316 e. The van der Waals surface area contributed by atoms with E-state index >= 15 is 0 Å². The van der Waals surface area contributed by atoms with Crippen molar-refractivity contribution in [2.75, 3.05) is 23.4 Å². The molecule has 2 aromatic rings. The monoisotopic (exact) mass is 391 g/mol. The molecule has 136 valence electrons. The van der Waals surface area contributed by atoms with Crippen molar-refractivity contribution in [1.82, 2.24) is 0 Å². The number of benzene rings is 2. The number of esters is 1. The molecule has 0 heterocycles. The van der Waals surface area contributed by atoms with Gasteiger partial charge in [0.05, 0.1) is 11.5 Å². The Morgan fingerprint density at radius 1 is 1.08 bits per heavy atom. The number of hydrogen-bond donors (Lipinski definition) is 1. The molecular formula is C19H18ClNO4S. The van der Waals surface area contributed by atoms with E-state index in [9.17, 15) is 14.4 Å². The molecule has 0 aliphatic carbocycles. The van der Waals surface area contributed by atoms with E-state index in [0.717, 1.165) is 17.3 Å². The Hall–Kier alpha value is -2.31. The zero-order chi connectivity index (χ0) is 18.9. The van der Waals surface area contributed by atoms with Gasteiger partial charge in [0.1, 0.15) is 0 Å². The molecule has 0 aliphatic heterocycles. The molecule has 0 unspecified atom stereocenters. The van der Waals surface area contributed by atoms with E-state index in [4.69, 9.17) is 16.3 Å². The molecule has 1 N–H and O–H groups in total. The van der Waals surface area contributed by atoms with Gasteiger partial charge in [-0.25, -0.2) is 0 Å². The Labute approximate surface area is 161 Å². The highest BCUT2D eigenvalue weighted by Gasteiger charge is 2.11. The summed E-state index contributed by atoms with van der Waals surface area (Å²) in [6, 6.07) is 13.8. The third kappa shape index (κ3) is 6.90. The quantitative estimate of drug-likeness (QED) is 0.548. The summed E-state index contributed by atoms with van der Waals surface area (Å²) in [5, 5.41) is 3.28. The average Bonchev–Trinajstić information content (AvgIpc) is 2.60. The molecule has 0 fully saturated rings. The van der Waals surface area contributed by atoms with E-state index in [-0.39, 0.29) is 29.8 Å². The fourth-order valence-electron chi connectivity index (χ4n) is 2.05. The summed E-state index contributed by atoms with van der Waals surface area (Å²) in [4.78, 5) is 35.4. The molecule has 0 saturated carbocycles. The zero-order valence-corrected chi connectivity index (χ0v) is 15.7. The second-order valence-corrected chi connectivity index (χ2v) is 6.92. The van der Waals surface area contributed by atoms with Crippen LogP contribution >= 0.6 is 23.4 Å². The van der Waals surface area contributed by atoms with Crippen molar-refractivity contribution in [3.63, 3.8) is 0 Å². The highest BCUT2D eigenvalue weighted by Crippen LogP contribution is 2.12. The van der Waals surface area contributed by atoms with Crippen LogP contribution in [-0.4, -0.2) is 35.8 Å². The number of ether oxygens (including phenoxy) is 1. The molecule has 7 heteroatoms. The Morgan fingerprint density at radius 3 is 2.50 bits per heavy atom. The molecule has 0 spiro atoms. The second kappa shape index (κ2) is 9.99. The van der Waals surface area contributed by atoms with Crippen molar-refractivity contribution in [2.24, 2.45) is 0 Å². The lowest BCUT2D eigenvalue weighted by Crippen LogP contribution is -2.18. The zero-order valence-electron chi connectivity index (χ0n) is 14.2. The number of thioether (sulfide) groups is 1. The number of nitrogens with one attached hydrogen (secondary N) is 1. The first-order valence-electron chi connectivity index (χ1n) is 7.82. The van der Waals surface area contributed by atoms with Crippen LogP contribution in [0, 0.1) is 6.92 Å². The van der Waals surface area contributed by atoms with Gasteiger partial charge in [0.15, 0.2) is 12.4 Å². The predicted molar refractivity (Wildman–Crippen MR) is 104 cm³/mol. The molecule has 0 atom stereocenters. The van der Waals surface area contributed by atoms with Crippen molar-refractivity contribution in [2.45, 2.75) is 6.92 Å². The van der Waals surface area contributed by atoms with E-state index in [1.165, 1.54) is 0 Å². The van der Waals surface area contributed by atoms with Crippen LogP contribution in [0.1, 0.15) is 15.9 Å². The Bertz CT molecular complexity index is 792. The minimum atomic E-state index is -0.541. The lowest BCUT2D eigenvalue weighted by Gasteiger charge is -2.06. The number of hydrogen-bond acceptors (Lipinski definition) is 5. The maximum atomic E-state index is 11.9. The first-order chi connectivity index (χ1) is 12.4. The number of ketones is 1. The Kier molecular flexibility index (Phi) is 7.69. The predicted octanol–water partition coefficient (Wildman–Crippen LogP) is 3.75. The first-order valence-corrected chi connectivity index (χ1v) is 9.36. The number of rotatable bonds is 8. The van der Waals surface area contributed by atoms with Gasteiger partial charge in [-0.05, 0) is 48.9 Å². The van der Waals surface area contributed by atoms with Crippen LogP contribution in [0.3, 0.4) is 0 Å².